The maximum atomic E-state index is 12.1. The fourth-order valence-corrected chi connectivity index (χ4v) is 3.86. The van der Waals surface area contributed by atoms with E-state index < -0.39 is 0 Å². The van der Waals surface area contributed by atoms with Crippen molar-refractivity contribution in [1.29, 1.82) is 0 Å². The van der Waals surface area contributed by atoms with Crippen molar-refractivity contribution < 1.29 is 4.79 Å². The van der Waals surface area contributed by atoms with Crippen LogP contribution in [0.4, 0.5) is 0 Å². The maximum absolute atomic E-state index is 12.1. The third kappa shape index (κ3) is 2.56. The minimum Gasteiger partial charge on any atom is -0.342 e. The molecule has 3 nitrogen and oxygen atoms in total. The minimum absolute atomic E-state index is 0. The van der Waals surface area contributed by atoms with Crippen molar-refractivity contribution >= 4 is 29.7 Å². The van der Waals surface area contributed by atoms with E-state index in [0.717, 1.165) is 25.1 Å². The molecule has 1 amide bonds. The Morgan fingerprint density at radius 1 is 1.44 bits per heavy atom. The lowest BCUT2D eigenvalue weighted by Crippen LogP contribution is -2.34. The first kappa shape index (κ1) is 13.8. The van der Waals surface area contributed by atoms with Gasteiger partial charge in [0.25, 0.3) is 0 Å². The van der Waals surface area contributed by atoms with Gasteiger partial charge in [-0.2, -0.15) is 11.3 Å². The first-order valence-corrected chi connectivity index (χ1v) is 7.23. The normalized spacial score (nSPS) is 30.1. The van der Waals surface area contributed by atoms with Crippen LogP contribution in [0.5, 0.6) is 0 Å². The summed E-state index contributed by atoms with van der Waals surface area (Å²) in [4.78, 5) is 14.2. The largest absolute Gasteiger partial charge is 0.342 e. The summed E-state index contributed by atoms with van der Waals surface area (Å²) >= 11 is 1.65. The third-order valence-corrected chi connectivity index (χ3v) is 4.93. The Morgan fingerprint density at radius 3 is 2.94 bits per heavy atom. The van der Waals surface area contributed by atoms with Crippen molar-refractivity contribution in [2.75, 3.05) is 13.1 Å². The summed E-state index contributed by atoms with van der Waals surface area (Å²) in [6, 6.07) is 2.35. The van der Waals surface area contributed by atoms with Crippen LogP contribution in [0.15, 0.2) is 16.8 Å². The van der Waals surface area contributed by atoms with Crippen LogP contribution in [-0.4, -0.2) is 29.9 Å². The molecule has 2 N–H and O–H groups in total. The van der Waals surface area contributed by atoms with Gasteiger partial charge in [0.15, 0.2) is 0 Å². The third-order valence-electron chi connectivity index (χ3n) is 4.20. The SMILES string of the molecule is Cl.NC1CCC2CN(C(=O)Cc3ccsc3)CC12. The lowest BCUT2D eigenvalue weighted by Gasteiger charge is -2.18. The number of rotatable bonds is 2. The van der Waals surface area contributed by atoms with Crippen molar-refractivity contribution in [2.24, 2.45) is 17.6 Å². The first-order valence-electron chi connectivity index (χ1n) is 6.28. The van der Waals surface area contributed by atoms with Crippen molar-refractivity contribution in [3.05, 3.63) is 22.4 Å². The number of nitrogens with zero attached hydrogens (tertiary/aromatic N) is 1. The molecule has 0 radical (unpaired) electrons. The summed E-state index contributed by atoms with van der Waals surface area (Å²) < 4.78 is 0. The number of nitrogens with two attached hydrogens (primary N) is 1. The van der Waals surface area contributed by atoms with Crippen LogP contribution in [0.1, 0.15) is 18.4 Å². The minimum atomic E-state index is 0. The molecule has 1 aromatic rings. The van der Waals surface area contributed by atoms with E-state index in [1.165, 1.54) is 6.42 Å². The molecule has 1 aliphatic carbocycles. The van der Waals surface area contributed by atoms with Crippen LogP contribution in [0, 0.1) is 11.8 Å². The van der Waals surface area contributed by atoms with Crippen molar-refractivity contribution in [2.45, 2.75) is 25.3 Å². The van der Waals surface area contributed by atoms with Gasteiger partial charge in [0.1, 0.15) is 0 Å². The Balaban J connectivity index is 0.00000120. The Hall–Kier alpha value is -0.580. The monoisotopic (exact) mass is 286 g/mol. The summed E-state index contributed by atoms with van der Waals surface area (Å²) in [5, 5.41) is 4.08. The molecule has 3 rings (SSSR count). The molecule has 1 aliphatic heterocycles. The average molecular weight is 287 g/mol. The fourth-order valence-electron chi connectivity index (χ4n) is 3.19. The summed E-state index contributed by atoms with van der Waals surface area (Å²) in [5.41, 5.74) is 7.22. The molecule has 0 bridgehead atoms. The highest BCUT2D eigenvalue weighted by molar-refractivity contribution is 7.07. The molecule has 1 saturated carbocycles. The summed E-state index contributed by atoms with van der Waals surface area (Å²) in [6.07, 6.45) is 2.90. The van der Waals surface area contributed by atoms with E-state index in [-0.39, 0.29) is 18.3 Å². The highest BCUT2D eigenvalue weighted by Gasteiger charge is 2.42. The predicted octanol–water partition coefficient (Wildman–Crippen LogP) is 1.91. The van der Waals surface area contributed by atoms with Crippen molar-refractivity contribution in [1.82, 2.24) is 4.90 Å². The highest BCUT2D eigenvalue weighted by Crippen LogP contribution is 2.37. The molecular weight excluding hydrogens is 268 g/mol. The van der Waals surface area contributed by atoms with E-state index in [9.17, 15) is 4.79 Å². The number of hydrogen-bond donors (Lipinski definition) is 1. The van der Waals surface area contributed by atoms with Crippen molar-refractivity contribution in [3.63, 3.8) is 0 Å². The van der Waals surface area contributed by atoms with Gasteiger partial charge in [-0.3, -0.25) is 4.79 Å². The molecule has 2 heterocycles. The van der Waals surface area contributed by atoms with E-state index in [4.69, 9.17) is 5.73 Å². The molecule has 2 fully saturated rings. The topological polar surface area (TPSA) is 46.3 Å². The zero-order valence-corrected chi connectivity index (χ0v) is 11.9. The van der Waals surface area contributed by atoms with Gasteiger partial charge >= 0.3 is 0 Å². The van der Waals surface area contributed by atoms with Gasteiger partial charge in [0.05, 0.1) is 6.42 Å². The summed E-state index contributed by atoms with van der Waals surface area (Å²) in [5.74, 6) is 1.49. The van der Waals surface area contributed by atoms with E-state index in [2.05, 4.69) is 5.38 Å². The number of halogens is 1. The van der Waals surface area contributed by atoms with Gasteiger partial charge < -0.3 is 10.6 Å². The standard InChI is InChI=1S/C13H18N2OS.ClH/c14-12-2-1-10-6-15(7-11(10)12)13(16)5-9-3-4-17-8-9;/h3-4,8,10-12H,1-2,5-7,14H2;1H. The molecule has 5 heteroatoms. The first-order chi connectivity index (χ1) is 8.24. The predicted molar refractivity (Wildman–Crippen MR) is 76.0 cm³/mol. The lowest BCUT2D eigenvalue weighted by atomic mass is 9.98. The Morgan fingerprint density at radius 2 is 2.28 bits per heavy atom. The van der Waals surface area contributed by atoms with Crippen LogP contribution >= 0.6 is 23.7 Å². The zero-order chi connectivity index (χ0) is 11.8. The fraction of sp³-hybridized carbons (Fsp3) is 0.615. The Labute approximate surface area is 118 Å². The number of amides is 1. The second kappa shape index (κ2) is 5.59. The molecular formula is C13H19ClN2OS. The molecule has 0 aromatic carbocycles. The van der Waals surface area contributed by atoms with E-state index in [1.807, 2.05) is 16.3 Å². The Bertz CT molecular complexity index is 409. The van der Waals surface area contributed by atoms with Gasteiger partial charge in [-0.25, -0.2) is 0 Å². The molecule has 1 saturated heterocycles. The van der Waals surface area contributed by atoms with Crippen molar-refractivity contribution in [3.8, 4) is 0 Å². The van der Waals surface area contributed by atoms with Gasteiger partial charge in [-0.05, 0) is 47.1 Å². The van der Waals surface area contributed by atoms with Gasteiger partial charge in [0.2, 0.25) is 5.91 Å². The van der Waals surface area contributed by atoms with Crippen LogP contribution in [0.2, 0.25) is 0 Å². The number of likely N-dealkylation sites (tertiary alicyclic amines) is 1. The number of carbonyl (C=O) groups excluding carboxylic acids is 1. The highest BCUT2D eigenvalue weighted by atomic mass is 35.5. The van der Waals surface area contributed by atoms with Crippen LogP contribution < -0.4 is 5.73 Å². The summed E-state index contributed by atoms with van der Waals surface area (Å²) in [6.45, 7) is 1.82. The maximum Gasteiger partial charge on any atom is 0.227 e. The second-order valence-corrected chi connectivity index (χ2v) is 6.05. The quantitative estimate of drug-likeness (QED) is 0.903. The van der Waals surface area contributed by atoms with E-state index in [0.29, 0.717) is 24.3 Å². The molecule has 100 valence electrons. The number of carbonyl (C=O) groups is 1. The zero-order valence-electron chi connectivity index (χ0n) is 10.2. The Kier molecular flexibility index (Phi) is 4.30. The van der Waals surface area contributed by atoms with Crippen LogP contribution in [0.25, 0.3) is 0 Å². The van der Waals surface area contributed by atoms with Crippen LogP contribution in [-0.2, 0) is 11.2 Å². The second-order valence-electron chi connectivity index (χ2n) is 5.27. The number of hydrogen-bond acceptors (Lipinski definition) is 3. The smallest absolute Gasteiger partial charge is 0.227 e. The molecule has 0 spiro atoms. The van der Waals surface area contributed by atoms with Crippen LogP contribution in [0.3, 0.4) is 0 Å². The molecule has 3 atom stereocenters. The van der Waals surface area contributed by atoms with E-state index in [1.54, 1.807) is 11.3 Å². The van der Waals surface area contributed by atoms with Gasteiger partial charge in [-0.1, -0.05) is 0 Å². The van der Waals surface area contributed by atoms with Gasteiger partial charge in [-0.15, -0.1) is 12.4 Å². The number of thiophene rings is 1. The molecule has 1 aromatic heterocycles. The number of fused-ring (bicyclic) bond motifs is 1. The van der Waals surface area contributed by atoms with E-state index >= 15 is 0 Å². The molecule has 3 unspecified atom stereocenters. The molecule has 18 heavy (non-hydrogen) atoms. The lowest BCUT2D eigenvalue weighted by molar-refractivity contribution is -0.129. The molecule has 2 aliphatic rings. The average Bonchev–Trinajstić information content (AvgIpc) is 2.97. The van der Waals surface area contributed by atoms with Gasteiger partial charge in [0, 0.05) is 19.1 Å². The summed E-state index contributed by atoms with van der Waals surface area (Å²) in [7, 11) is 0.